The fourth-order valence-corrected chi connectivity index (χ4v) is 5.49. The van der Waals surface area contributed by atoms with Gasteiger partial charge in [-0.15, -0.1) is 11.3 Å². The molecular weight excluding hydrogens is 444 g/mol. The summed E-state index contributed by atoms with van der Waals surface area (Å²) in [5.41, 5.74) is 8.80. The van der Waals surface area contributed by atoms with Crippen molar-refractivity contribution in [2.75, 3.05) is 6.54 Å². The van der Waals surface area contributed by atoms with E-state index in [4.69, 9.17) is 17.3 Å². The van der Waals surface area contributed by atoms with Crippen LogP contribution in [0.25, 0.3) is 11.1 Å². The third-order valence-corrected chi connectivity index (χ3v) is 7.43. The number of hydrogen-bond acceptors (Lipinski definition) is 5. The Morgan fingerprint density at radius 2 is 1.93 bits per heavy atom. The van der Waals surface area contributed by atoms with E-state index in [0.717, 1.165) is 6.42 Å². The van der Waals surface area contributed by atoms with E-state index in [-0.39, 0.29) is 4.90 Å². The molecule has 0 unspecified atom stereocenters. The number of benzene rings is 2. The summed E-state index contributed by atoms with van der Waals surface area (Å²) in [5, 5.41) is 2.42. The Bertz CT molecular complexity index is 1220. The van der Waals surface area contributed by atoms with Gasteiger partial charge in [0.15, 0.2) is 0 Å². The molecule has 4 rings (SSSR count). The third-order valence-electron chi connectivity index (χ3n) is 5.23. The molecule has 3 aromatic rings. The van der Waals surface area contributed by atoms with Gasteiger partial charge in [-0.3, -0.25) is 14.2 Å². The Kier molecular flexibility index (Phi) is 5.69. The van der Waals surface area contributed by atoms with E-state index in [1.807, 2.05) is 4.90 Å². The molecule has 1 atom stereocenters. The number of fused-ring (bicyclic) bond motifs is 1. The molecule has 1 aliphatic rings. The summed E-state index contributed by atoms with van der Waals surface area (Å²) in [7, 11) is -4.31. The van der Waals surface area contributed by atoms with Crippen molar-refractivity contribution >= 4 is 39.0 Å². The van der Waals surface area contributed by atoms with Gasteiger partial charge in [-0.25, -0.2) is 0 Å². The molecular formula is C21H19ClN2O4S2. The second kappa shape index (κ2) is 8.13. The van der Waals surface area contributed by atoms with Crippen molar-refractivity contribution in [3.63, 3.8) is 0 Å². The molecule has 9 heteroatoms. The lowest BCUT2D eigenvalue weighted by molar-refractivity contribution is -0.123. The molecule has 0 fully saturated rings. The van der Waals surface area contributed by atoms with Crippen LogP contribution in [0.15, 0.2) is 58.8 Å². The highest BCUT2D eigenvalue weighted by Crippen LogP contribution is 2.35. The summed E-state index contributed by atoms with van der Waals surface area (Å²) in [5.74, 6) is -0.475. The molecule has 1 aromatic heterocycles. The minimum absolute atomic E-state index is 0.199. The summed E-state index contributed by atoms with van der Waals surface area (Å²) in [6, 6.07) is 12.5. The fourth-order valence-electron chi connectivity index (χ4n) is 3.79. The summed E-state index contributed by atoms with van der Waals surface area (Å²) in [4.78, 5) is 15.5. The van der Waals surface area contributed by atoms with Crippen LogP contribution in [0.4, 0.5) is 0 Å². The first-order chi connectivity index (χ1) is 14.2. The topological polar surface area (TPSA) is 101 Å². The predicted octanol–water partition coefficient (Wildman–Crippen LogP) is 3.90. The number of halogens is 1. The number of thiophene rings is 1. The molecule has 0 aliphatic carbocycles. The summed E-state index contributed by atoms with van der Waals surface area (Å²) < 4.78 is 32.1. The van der Waals surface area contributed by atoms with Crippen molar-refractivity contribution in [3.05, 3.63) is 74.9 Å². The SMILES string of the molecule is NC(=O)[C@@H](c1ccc(-c2cccc(S(=O)(=O)O)c2)cc1Cl)N1CCc2sccc2C1. The monoisotopic (exact) mass is 462 g/mol. The van der Waals surface area contributed by atoms with Gasteiger partial charge in [-0.1, -0.05) is 35.9 Å². The Morgan fingerprint density at radius 1 is 1.17 bits per heavy atom. The van der Waals surface area contributed by atoms with Crippen LogP contribution >= 0.6 is 22.9 Å². The molecule has 3 N–H and O–H groups in total. The first kappa shape index (κ1) is 21.0. The standard InChI is InChI=1S/C21H19ClN2O4S2/c22-18-11-14(13-2-1-3-16(10-13)30(26,27)28)4-5-17(18)20(21(23)25)24-8-6-19-15(12-24)7-9-29-19/h1-5,7,9-11,20H,6,8,12H2,(H2,23,25)(H,26,27,28)/t20-/m1/s1. The average molecular weight is 463 g/mol. The van der Waals surface area contributed by atoms with Crippen molar-refractivity contribution < 1.29 is 17.8 Å². The number of hydrogen-bond donors (Lipinski definition) is 2. The van der Waals surface area contributed by atoms with Crippen LogP contribution in [0.3, 0.4) is 0 Å². The summed E-state index contributed by atoms with van der Waals surface area (Å²) >= 11 is 8.27. The molecule has 0 bridgehead atoms. The van der Waals surface area contributed by atoms with Gasteiger partial charge in [0.05, 0.1) is 4.90 Å². The second-order valence-corrected chi connectivity index (χ2v) is 9.96. The highest BCUT2D eigenvalue weighted by Gasteiger charge is 2.30. The average Bonchev–Trinajstić information content (AvgIpc) is 3.16. The normalized spacial score (nSPS) is 15.5. The van der Waals surface area contributed by atoms with Crippen LogP contribution < -0.4 is 5.73 Å². The molecule has 2 heterocycles. The number of carbonyl (C=O) groups is 1. The molecule has 1 amide bonds. The Balaban J connectivity index is 1.67. The largest absolute Gasteiger partial charge is 0.368 e. The summed E-state index contributed by atoms with van der Waals surface area (Å²) in [6.45, 7) is 1.33. The van der Waals surface area contributed by atoms with Crippen LogP contribution in [-0.2, 0) is 27.9 Å². The van der Waals surface area contributed by atoms with Gasteiger partial charge in [0, 0.05) is 23.0 Å². The van der Waals surface area contributed by atoms with Crippen molar-refractivity contribution in [2.24, 2.45) is 5.73 Å². The Morgan fingerprint density at radius 3 is 2.63 bits per heavy atom. The van der Waals surface area contributed by atoms with Gasteiger partial charge in [0.2, 0.25) is 5.91 Å². The Hall–Kier alpha value is -2.23. The number of nitrogens with two attached hydrogens (primary N) is 1. The number of amides is 1. The molecule has 6 nitrogen and oxygen atoms in total. The molecule has 156 valence electrons. The van der Waals surface area contributed by atoms with Gasteiger partial charge in [0.1, 0.15) is 6.04 Å². The molecule has 2 aromatic carbocycles. The zero-order valence-corrected chi connectivity index (χ0v) is 18.2. The van der Waals surface area contributed by atoms with Crippen molar-refractivity contribution in [3.8, 4) is 11.1 Å². The third kappa shape index (κ3) is 4.14. The van der Waals surface area contributed by atoms with Crippen LogP contribution in [0.1, 0.15) is 22.0 Å². The number of carbonyl (C=O) groups excluding carboxylic acids is 1. The smallest absolute Gasteiger partial charge is 0.294 e. The lowest BCUT2D eigenvalue weighted by Gasteiger charge is -2.33. The van der Waals surface area contributed by atoms with E-state index < -0.39 is 22.1 Å². The van der Waals surface area contributed by atoms with Crippen molar-refractivity contribution in [1.82, 2.24) is 4.90 Å². The highest BCUT2D eigenvalue weighted by molar-refractivity contribution is 7.85. The van der Waals surface area contributed by atoms with Crippen LogP contribution in [0.5, 0.6) is 0 Å². The van der Waals surface area contributed by atoms with Gasteiger partial charge in [0.25, 0.3) is 10.1 Å². The van der Waals surface area contributed by atoms with Crippen molar-refractivity contribution in [1.29, 1.82) is 0 Å². The quantitative estimate of drug-likeness (QED) is 0.560. The maximum absolute atomic E-state index is 12.3. The molecule has 0 saturated heterocycles. The van der Waals surface area contributed by atoms with E-state index in [2.05, 4.69) is 11.4 Å². The van der Waals surface area contributed by atoms with E-state index in [9.17, 15) is 17.8 Å². The van der Waals surface area contributed by atoms with E-state index >= 15 is 0 Å². The first-order valence-electron chi connectivity index (χ1n) is 9.20. The lowest BCUT2D eigenvalue weighted by Crippen LogP contribution is -2.40. The number of nitrogens with zero attached hydrogens (tertiary/aromatic N) is 1. The van der Waals surface area contributed by atoms with Crippen LogP contribution in [0, 0.1) is 0 Å². The molecule has 0 spiro atoms. The zero-order valence-electron chi connectivity index (χ0n) is 15.8. The summed E-state index contributed by atoms with van der Waals surface area (Å²) in [6.07, 6.45) is 0.856. The van der Waals surface area contributed by atoms with Crippen molar-refractivity contribution in [2.45, 2.75) is 23.9 Å². The molecule has 0 saturated carbocycles. The second-order valence-electron chi connectivity index (χ2n) is 7.13. The maximum Gasteiger partial charge on any atom is 0.294 e. The van der Waals surface area contributed by atoms with Crippen LogP contribution in [0.2, 0.25) is 5.02 Å². The molecule has 1 aliphatic heterocycles. The molecule has 30 heavy (non-hydrogen) atoms. The van der Waals surface area contributed by atoms with Crippen LogP contribution in [-0.4, -0.2) is 30.3 Å². The molecule has 0 radical (unpaired) electrons. The zero-order chi connectivity index (χ0) is 21.5. The highest BCUT2D eigenvalue weighted by atomic mass is 35.5. The van der Waals surface area contributed by atoms with E-state index in [1.165, 1.54) is 22.6 Å². The van der Waals surface area contributed by atoms with Gasteiger partial charge >= 0.3 is 0 Å². The first-order valence-corrected chi connectivity index (χ1v) is 11.9. The van der Waals surface area contributed by atoms with E-state index in [1.54, 1.807) is 41.7 Å². The van der Waals surface area contributed by atoms with Gasteiger partial charge in [-0.2, -0.15) is 8.42 Å². The Labute approximate surface area is 183 Å². The number of rotatable bonds is 5. The maximum atomic E-state index is 12.3. The van der Waals surface area contributed by atoms with E-state index in [0.29, 0.717) is 34.8 Å². The van der Waals surface area contributed by atoms with Gasteiger partial charge in [-0.05, 0) is 58.3 Å². The van der Waals surface area contributed by atoms with Gasteiger partial charge < -0.3 is 5.73 Å². The lowest BCUT2D eigenvalue weighted by atomic mass is 9.97. The predicted molar refractivity (Wildman–Crippen MR) is 117 cm³/mol. The number of primary amides is 1. The minimum Gasteiger partial charge on any atom is -0.368 e. The minimum atomic E-state index is -4.31. The fraction of sp³-hybridized carbons (Fsp3) is 0.190.